The monoisotopic (exact) mass is 281 g/mol. The quantitative estimate of drug-likeness (QED) is 0.886. The summed E-state index contributed by atoms with van der Waals surface area (Å²) in [5.74, 6) is 1.07. The van der Waals surface area contributed by atoms with Crippen molar-refractivity contribution in [2.45, 2.75) is 45.8 Å². The van der Waals surface area contributed by atoms with Gasteiger partial charge in [0, 0.05) is 24.2 Å². The van der Waals surface area contributed by atoms with Crippen molar-refractivity contribution in [3.63, 3.8) is 0 Å². The first-order valence-corrected chi connectivity index (χ1v) is 7.70. The molecule has 0 amide bonds. The van der Waals surface area contributed by atoms with Crippen LogP contribution < -0.4 is 10.1 Å². The summed E-state index contributed by atoms with van der Waals surface area (Å²) in [5.41, 5.74) is 5.00. The summed E-state index contributed by atoms with van der Waals surface area (Å²) in [6, 6.07) is 15.1. The molecule has 21 heavy (non-hydrogen) atoms. The highest BCUT2D eigenvalue weighted by atomic mass is 16.5. The average molecular weight is 281 g/mol. The minimum atomic E-state index is -0.0828. The predicted octanol–water partition coefficient (Wildman–Crippen LogP) is 4.57. The van der Waals surface area contributed by atoms with Gasteiger partial charge in [0.15, 0.2) is 0 Å². The summed E-state index contributed by atoms with van der Waals surface area (Å²) >= 11 is 0. The number of rotatable bonds is 4. The van der Waals surface area contributed by atoms with Gasteiger partial charge in [-0.15, -0.1) is 0 Å². The molecule has 0 aromatic heterocycles. The maximum absolute atomic E-state index is 6.12. The van der Waals surface area contributed by atoms with Crippen LogP contribution in [0.1, 0.15) is 37.5 Å². The van der Waals surface area contributed by atoms with E-state index in [1.807, 2.05) is 0 Å². The van der Waals surface area contributed by atoms with Gasteiger partial charge in [-0.3, -0.25) is 0 Å². The van der Waals surface area contributed by atoms with Gasteiger partial charge in [0.1, 0.15) is 11.4 Å². The molecule has 0 saturated carbocycles. The molecule has 1 aliphatic rings. The fraction of sp³-hybridized carbons (Fsp3) is 0.368. The van der Waals surface area contributed by atoms with Crippen molar-refractivity contribution >= 4 is 5.69 Å². The van der Waals surface area contributed by atoms with Gasteiger partial charge in [0.2, 0.25) is 0 Å². The topological polar surface area (TPSA) is 21.3 Å². The third-order valence-corrected chi connectivity index (χ3v) is 3.99. The fourth-order valence-corrected chi connectivity index (χ4v) is 2.92. The minimum absolute atomic E-state index is 0.0828. The molecule has 1 aliphatic heterocycles. The van der Waals surface area contributed by atoms with Gasteiger partial charge < -0.3 is 10.1 Å². The zero-order valence-electron chi connectivity index (χ0n) is 13.1. The molecule has 0 bridgehead atoms. The lowest BCUT2D eigenvalue weighted by atomic mass is 10.0. The average Bonchev–Trinajstić information content (AvgIpc) is 2.79. The van der Waals surface area contributed by atoms with Gasteiger partial charge in [-0.25, -0.2) is 0 Å². The Morgan fingerprint density at radius 2 is 1.95 bits per heavy atom. The van der Waals surface area contributed by atoms with Crippen LogP contribution in [0.4, 0.5) is 5.69 Å². The summed E-state index contributed by atoms with van der Waals surface area (Å²) in [5, 5.41) is 3.51. The van der Waals surface area contributed by atoms with Crippen LogP contribution >= 0.6 is 0 Å². The molecule has 0 atom stereocenters. The molecule has 2 nitrogen and oxygen atoms in total. The van der Waals surface area contributed by atoms with Gasteiger partial charge in [-0.2, -0.15) is 0 Å². The molecule has 0 aliphatic carbocycles. The molecule has 2 aromatic carbocycles. The molecule has 0 saturated heterocycles. The van der Waals surface area contributed by atoms with Crippen LogP contribution in [0.2, 0.25) is 0 Å². The molecule has 0 unspecified atom stereocenters. The highest BCUT2D eigenvalue weighted by Crippen LogP contribution is 2.37. The summed E-state index contributed by atoms with van der Waals surface area (Å²) in [7, 11) is 0. The van der Waals surface area contributed by atoms with Crippen LogP contribution in [0.15, 0.2) is 42.5 Å². The largest absolute Gasteiger partial charge is 0.487 e. The number of para-hydroxylation sites is 1. The molecule has 2 heteroatoms. The number of aryl methyl sites for hydroxylation is 1. The summed E-state index contributed by atoms with van der Waals surface area (Å²) in [4.78, 5) is 0. The molecule has 110 valence electrons. The highest BCUT2D eigenvalue weighted by Gasteiger charge is 2.31. The third kappa shape index (κ3) is 3.05. The first-order chi connectivity index (χ1) is 10.1. The Morgan fingerprint density at radius 3 is 2.76 bits per heavy atom. The Kier molecular flexibility index (Phi) is 3.62. The molecule has 3 rings (SSSR count). The van der Waals surface area contributed by atoms with E-state index >= 15 is 0 Å². The van der Waals surface area contributed by atoms with Crippen LogP contribution in [-0.2, 0) is 19.4 Å². The Balaban J connectivity index is 1.76. The maximum Gasteiger partial charge on any atom is 0.128 e. The van der Waals surface area contributed by atoms with E-state index in [4.69, 9.17) is 4.74 Å². The van der Waals surface area contributed by atoms with Crippen LogP contribution in [0, 0.1) is 0 Å². The van der Waals surface area contributed by atoms with Gasteiger partial charge >= 0.3 is 0 Å². The lowest BCUT2D eigenvalue weighted by Crippen LogP contribution is -2.25. The highest BCUT2D eigenvalue weighted by molar-refractivity contribution is 5.50. The lowest BCUT2D eigenvalue weighted by molar-refractivity contribution is 0.137. The van der Waals surface area contributed by atoms with Crippen LogP contribution in [-0.4, -0.2) is 5.60 Å². The van der Waals surface area contributed by atoms with Crippen molar-refractivity contribution in [2.24, 2.45) is 0 Å². The van der Waals surface area contributed by atoms with Crippen molar-refractivity contribution < 1.29 is 4.74 Å². The standard InChI is InChI=1S/C19H23NO/c1-4-14-7-5-10-17(11-14)20-13-16-9-6-8-15-12-19(2,3)21-18(15)16/h5-11,20H,4,12-13H2,1-3H3. The number of nitrogens with one attached hydrogen (secondary N) is 1. The van der Waals surface area contributed by atoms with E-state index in [1.165, 1.54) is 22.4 Å². The molecule has 1 N–H and O–H groups in total. The second kappa shape index (κ2) is 5.44. The third-order valence-electron chi connectivity index (χ3n) is 3.99. The molecule has 1 heterocycles. The van der Waals surface area contributed by atoms with Gasteiger partial charge in [-0.05, 0) is 43.5 Å². The van der Waals surface area contributed by atoms with Crippen molar-refractivity contribution in [3.05, 3.63) is 59.2 Å². The zero-order chi connectivity index (χ0) is 14.9. The normalized spacial score (nSPS) is 15.4. The van der Waals surface area contributed by atoms with Crippen molar-refractivity contribution in [1.29, 1.82) is 0 Å². The van der Waals surface area contributed by atoms with E-state index in [9.17, 15) is 0 Å². The van der Waals surface area contributed by atoms with Crippen LogP contribution in [0.25, 0.3) is 0 Å². The Labute approximate surface area is 127 Å². The van der Waals surface area contributed by atoms with Crippen molar-refractivity contribution in [1.82, 2.24) is 0 Å². The van der Waals surface area contributed by atoms with E-state index in [0.717, 1.165) is 25.1 Å². The van der Waals surface area contributed by atoms with E-state index in [1.54, 1.807) is 0 Å². The molecule has 0 fully saturated rings. The number of anilines is 1. The fourth-order valence-electron chi connectivity index (χ4n) is 2.92. The Morgan fingerprint density at radius 1 is 1.14 bits per heavy atom. The lowest BCUT2D eigenvalue weighted by Gasteiger charge is -2.18. The van der Waals surface area contributed by atoms with E-state index < -0.39 is 0 Å². The van der Waals surface area contributed by atoms with Crippen LogP contribution in [0.5, 0.6) is 5.75 Å². The summed E-state index contributed by atoms with van der Waals surface area (Å²) in [6.07, 6.45) is 2.05. The van der Waals surface area contributed by atoms with Gasteiger partial charge in [-0.1, -0.05) is 37.3 Å². The summed E-state index contributed by atoms with van der Waals surface area (Å²) < 4.78 is 6.12. The molecular formula is C19H23NO. The Bertz CT molecular complexity index is 646. The first-order valence-electron chi connectivity index (χ1n) is 7.70. The van der Waals surface area contributed by atoms with Crippen LogP contribution in [0.3, 0.4) is 0 Å². The number of fused-ring (bicyclic) bond motifs is 1. The second-order valence-electron chi connectivity index (χ2n) is 6.35. The molecular weight excluding hydrogens is 258 g/mol. The van der Waals surface area contributed by atoms with Gasteiger partial charge in [0.25, 0.3) is 0 Å². The molecule has 0 spiro atoms. The van der Waals surface area contributed by atoms with E-state index in [-0.39, 0.29) is 5.60 Å². The van der Waals surface area contributed by atoms with Crippen molar-refractivity contribution in [3.8, 4) is 5.75 Å². The Hall–Kier alpha value is -1.96. The molecule has 2 aromatic rings. The number of benzene rings is 2. The van der Waals surface area contributed by atoms with E-state index in [0.29, 0.717) is 0 Å². The minimum Gasteiger partial charge on any atom is -0.487 e. The van der Waals surface area contributed by atoms with E-state index in [2.05, 4.69) is 68.6 Å². The zero-order valence-corrected chi connectivity index (χ0v) is 13.1. The number of ether oxygens (including phenoxy) is 1. The molecule has 0 radical (unpaired) electrons. The predicted molar refractivity (Wildman–Crippen MR) is 88.0 cm³/mol. The second-order valence-corrected chi connectivity index (χ2v) is 6.35. The maximum atomic E-state index is 6.12. The smallest absolute Gasteiger partial charge is 0.128 e. The summed E-state index contributed by atoms with van der Waals surface area (Å²) in [6.45, 7) is 7.27. The van der Waals surface area contributed by atoms with Crippen molar-refractivity contribution in [2.75, 3.05) is 5.32 Å². The SMILES string of the molecule is CCc1cccc(NCc2cccc3c2OC(C)(C)C3)c1. The van der Waals surface area contributed by atoms with Gasteiger partial charge in [0.05, 0.1) is 0 Å². The number of hydrogen-bond acceptors (Lipinski definition) is 2. The number of hydrogen-bond donors (Lipinski definition) is 1. The first kappa shape index (κ1) is 14.0.